The third kappa shape index (κ3) is 1.60. The molecule has 2 rings (SSSR count). The van der Waals surface area contributed by atoms with Crippen LogP contribution >= 0.6 is 0 Å². The van der Waals surface area contributed by atoms with Gasteiger partial charge in [-0.2, -0.15) is 0 Å². The lowest BCUT2D eigenvalue weighted by Gasteiger charge is -2.72. The zero-order valence-corrected chi connectivity index (χ0v) is 15.8. The van der Waals surface area contributed by atoms with Crippen LogP contribution < -0.4 is 0 Å². The zero-order chi connectivity index (χ0) is 15.8. The second-order valence-electron chi connectivity index (χ2n) is 10.5. The fourth-order valence-corrected chi connectivity index (χ4v) is 5.92. The Morgan fingerprint density at radius 1 is 0.700 bits per heavy atom. The number of fused-ring (bicyclic) bond motifs is 1. The Morgan fingerprint density at radius 2 is 1.20 bits per heavy atom. The molecule has 2 aliphatic rings. The van der Waals surface area contributed by atoms with Gasteiger partial charge in [0.1, 0.15) is 0 Å². The van der Waals surface area contributed by atoms with Crippen molar-refractivity contribution in [1.29, 1.82) is 0 Å². The molecule has 2 aliphatic carbocycles. The van der Waals surface area contributed by atoms with Gasteiger partial charge < -0.3 is 0 Å². The largest absolute Gasteiger partial charge is 0.0622 e. The molecule has 2 saturated carbocycles. The van der Waals surface area contributed by atoms with Gasteiger partial charge in [-0.05, 0) is 58.2 Å². The van der Waals surface area contributed by atoms with Crippen LogP contribution in [0.5, 0.6) is 0 Å². The number of hydrogen-bond donors (Lipinski definition) is 0. The fraction of sp³-hybridized carbons (Fsp3) is 1.00. The summed E-state index contributed by atoms with van der Waals surface area (Å²) in [7, 11) is 0. The van der Waals surface area contributed by atoms with Crippen molar-refractivity contribution < 1.29 is 0 Å². The van der Waals surface area contributed by atoms with Crippen LogP contribution in [0.25, 0.3) is 0 Å². The Hall–Kier alpha value is 0. The summed E-state index contributed by atoms with van der Waals surface area (Å²) < 4.78 is 0. The molecule has 0 nitrogen and oxygen atoms in total. The molecule has 0 saturated heterocycles. The summed E-state index contributed by atoms with van der Waals surface area (Å²) in [5.74, 6) is 1.85. The van der Waals surface area contributed by atoms with E-state index in [9.17, 15) is 0 Å². The molecule has 3 atom stereocenters. The van der Waals surface area contributed by atoms with Gasteiger partial charge >= 0.3 is 0 Å². The predicted molar refractivity (Wildman–Crippen MR) is 89.7 cm³/mol. The van der Waals surface area contributed by atoms with Crippen molar-refractivity contribution in [2.75, 3.05) is 0 Å². The van der Waals surface area contributed by atoms with Crippen LogP contribution in [-0.2, 0) is 0 Å². The molecule has 118 valence electrons. The van der Waals surface area contributed by atoms with E-state index in [1.807, 2.05) is 0 Å². The van der Waals surface area contributed by atoms with E-state index in [-0.39, 0.29) is 0 Å². The Morgan fingerprint density at radius 3 is 1.65 bits per heavy atom. The molecule has 0 heterocycles. The maximum atomic E-state index is 2.59. The van der Waals surface area contributed by atoms with E-state index >= 15 is 0 Å². The molecule has 0 heteroatoms. The van der Waals surface area contributed by atoms with Gasteiger partial charge in [-0.15, -0.1) is 0 Å². The fourth-order valence-electron chi connectivity index (χ4n) is 5.92. The average Bonchev–Trinajstić information content (AvgIpc) is 2.26. The summed E-state index contributed by atoms with van der Waals surface area (Å²) in [5, 5.41) is 0. The molecule has 3 unspecified atom stereocenters. The molecule has 0 N–H and O–H groups in total. The highest BCUT2D eigenvalue weighted by Crippen LogP contribution is 2.74. The molecule has 0 aromatic rings. The van der Waals surface area contributed by atoms with E-state index in [4.69, 9.17) is 0 Å². The van der Waals surface area contributed by atoms with Crippen LogP contribution in [0.3, 0.4) is 0 Å². The van der Waals surface area contributed by atoms with Crippen molar-refractivity contribution >= 4 is 0 Å². The summed E-state index contributed by atoms with van der Waals surface area (Å²) in [6.07, 6.45) is 4.22. The maximum Gasteiger partial charge on any atom is -0.0236 e. The van der Waals surface area contributed by atoms with E-state index < -0.39 is 0 Å². The highest BCUT2D eigenvalue weighted by Gasteiger charge is 2.66. The first-order chi connectivity index (χ1) is 8.72. The normalized spacial score (nSPS) is 44.7. The number of rotatable bonds is 0. The maximum absolute atomic E-state index is 2.59. The summed E-state index contributed by atoms with van der Waals surface area (Å²) in [4.78, 5) is 0. The van der Waals surface area contributed by atoms with Crippen LogP contribution in [0.2, 0.25) is 0 Å². The third-order valence-corrected chi connectivity index (χ3v) is 9.58. The molecule has 0 radical (unpaired) electrons. The van der Waals surface area contributed by atoms with E-state index in [2.05, 4.69) is 69.2 Å². The van der Waals surface area contributed by atoms with Crippen molar-refractivity contribution in [2.45, 2.75) is 88.5 Å². The van der Waals surface area contributed by atoms with Gasteiger partial charge in [-0.3, -0.25) is 0 Å². The Bertz CT molecular complexity index is 396. The summed E-state index contributed by atoms with van der Waals surface area (Å²) in [6.45, 7) is 25.4. The second-order valence-corrected chi connectivity index (χ2v) is 10.5. The van der Waals surface area contributed by atoms with E-state index in [1.54, 1.807) is 0 Å². The Balaban J connectivity index is 2.58. The molecule has 0 spiro atoms. The first-order valence-electron chi connectivity index (χ1n) is 8.72. The van der Waals surface area contributed by atoms with E-state index in [0.29, 0.717) is 27.1 Å². The van der Waals surface area contributed by atoms with Gasteiger partial charge in [0.15, 0.2) is 0 Å². The van der Waals surface area contributed by atoms with Gasteiger partial charge in [-0.25, -0.2) is 0 Å². The first kappa shape index (κ1) is 16.4. The molecule has 0 bridgehead atoms. The smallest absolute Gasteiger partial charge is 0.0236 e. The van der Waals surface area contributed by atoms with Crippen molar-refractivity contribution in [3.05, 3.63) is 0 Å². The lowest BCUT2D eigenvalue weighted by atomic mass is 9.33. The highest BCUT2D eigenvalue weighted by atomic mass is 14.7. The van der Waals surface area contributed by atoms with E-state index in [1.165, 1.54) is 19.3 Å². The molecular formula is C20H38. The molecule has 0 amide bonds. The minimum Gasteiger partial charge on any atom is -0.0622 e. The Labute approximate surface area is 128 Å². The third-order valence-electron chi connectivity index (χ3n) is 9.58. The lowest BCUT2D eigenvalue weighted by Crippen LogP contribution is -2.65. The standard InChI is InChI=1S/C20H38/c1-14-13-20(10)15(14)11-12-16(2,3)17(4,5)18(6,7)19(20,8)9/h14-15H,11-13H2,1-10H3. The van der Waals surface area contributed by atoms with Crippen LogP contribution in [0.15, 0.2) is 0 Å². The lowest BCUT2D eigenvalue weighted by molar-refractivity contribution is -0.232. The van der Waals surface area contributed by atoms with Crippen LogP contribution in [0.4, 0.5) is 0 Å². The van der Waals surface area contributed by atoms with Crippen molar-refractivity contribution in [3.8, 4) is 0 Å². The minimum absolute atomic E-state index is 0.330. The minimum atomic E-state index is 0.330. The molecule has 0 aromatic heterocycles. The predicted octanol–water partition coefficient (Wildman–Crippen LogP) is 6.55. The second kappa shape index (κ2) is 4.05. The molecule has 0 aliphatic heterocycles. The SMILES string of the molecule is CC1CC2(C)C1CCC(C)(C)C(C)(C)C(C)(C)C2(C)C. The Kier molecular flexibility index (Phi) is 3.31. The quantitative estimate of drug-likeness (QED) is 0.471. The first-order valence-corrected chi connectivity index (χ1v) is 8.72. The van der Waals surface area contributed by atoms with Crippen LogP contribution in [0.1, 0.15) is 88.5 Å². The summed E-state index contributed by atoms with van der Waals surface area (Å²) in [5.41, 5.74) is 1.97. The molecule has 20 heavy (non-hydrogen) atoms. The zero-order valence-electron chi connectivity index (χ0n) is 15.8. The molecule has 0 aromatic carbocycles. The number of hydrogen-bond acceptors (Lipinski definition) is 0. The summed E-state index contributed by atoms with van der Waals surface area (Å²) in [6, 6.07) is 0. The van der Waals surface area contributed by atoms with Crippen LogP contribution in [-0.4, -0.2) is 0 Å². The molecular weight excluding hydrogens is 240 g/mol. The van der Waals surface area contributed by atoms with Gasteiger partial charge in [-0.1, -0.05) is 69.2 Å². The molecule has 2 fully saturated rings. The average molecular weight is 279 g/mol. The highest BCUT2D eigenvalue weighted by molar-refractivity contribution is 5.15. The van der Waals surface area contributed by atoms with Crippen molar-refractivity contribution in [3.63, 3.8) is 0 Å². The van der Waals surface area contributed by atoms with Gasteiger partial charge in [0, 0.05) is 0 Å². The van der Waals surface area contributed by atoms with Gasteiger partial charge in [0.25, 0.3) is 0 Å². The van der Waals surface area contributed by atoms with E-state index in [0.717, 1.165) is 11.8 Å². The monoisotopic (exact) mass is 278 g/mol. The van der Waals surface area contributed by atoms with Crippen molar-refractivity contribution in [2.24, 2.45) is 38.9 Å². The van der Waals surface area contributed by atoms with Gasteiger partial charge in [0.05, 0.1) is 0 Å². The van der Waals surface area contributed by atoms with Crippen LogP contribution in [0, 0.1) is 38.9 Å². The van der Waals surface area contributed by atoms with Crippen molar-refractivity contribution in [1.82, 2.24) is 0 Å². The van der Waals surface area contributed by atoms with Gasteiger partial charge in [0.2, 0.25) is 0 Å². The topological polar surface area (TPSA) is 0 Å². The summed E-state index contributed by atoms with van der Waals surface area (Å²) >= 11 is 0.